The van der Waals surface area contributed by atoms with Crippen LogP contribution in [0, 0.1) is 5.92 Å². The SMILES string of the molecule is CN1C(=O)CC(c2ccccc2)C12CCN(CC1CC1)CC2. The Bertz CT molecular complexity index is 544. The summed E-state index contributed by atoms with van der Waals surface area (Å²) < 4.78 is 0. The third kappa shape index (κ3) is 2.36. The summed E-state index contributed by atoms with van der Waals surface area (Å²) in [6.45, 7) is 3.58. The number of carbonyl (C=O) groups is 1. The first-order valence-electron chi connectivity index (χ1n) is 8.73. The van der Waals surface area contributed by atoms with E-state index in [9.17, 15) is 4.79 Å². The van der Waals surface area contributed by atoms with E-state index in [2.05, 4.69) is 40.1 Å². The van der Waals surface area contributed by atoms with Crippen LogP contribution in [0.25, 0.3) is 0 Å². The van der Waals surface area contributed by atoms with Gasteiger partial charge in [-0.2, -0.15) is 0 Å². The summed E-state index contributed by atoms with van der Waals surface area (Å²) in [7, 11) is 2.03. The standard InChI is InChI=1S/C19H26N2O/c1-20-18(22)13-17(16-5-3-2-4-6-16)19(20)9-11-21(12-10-19)14-15-7-8-15/h2-6,15,17H,7-14H2,1H3. The van der Waals surface area contributed by atoms with E-state index in [-0.39, 0.29) is 5.54 Å². The average Bonchev–Trinajstić information content (AvgIpc) is 3.34. The minimum atomic E-state index is 0.0541. The maximum Gasteiger partial charge on any atom is 0.223 e. The summed E-state index contributed by atoms with van der Waals surface area (Å²) in [6.07, 6.45) is 5.78. The van der Waals surface area contributed by atoms with Crippen LogP contribution in [0.1, 0.15) is 43.6 Å². The molecule has 3 heteroatoms. The van der Waals surface area contributed by atoms with E-state index in [0.29, 0.717) is 18.2 Å². The third-order valence-electron chi connectivity index (χ3n) is 6.21. The minimum absolute atomic E-state index is 0.0541. The van der Waals surface area contributed by atoms with E-state index in [1.54, 1.807) is 0 Å². The van der Waals surface area contributed by atoms with Gasteiger partial charge in [0.1, 0.15) is 0 Å². The van der Waals surface area contributed by atoms with E-state index in [0.717, 1.165) is 31.8 Å². The van der Waals surface area contributed by atoms with Crippen molar-refractivity contribution in [3.05, 3.63) is 35.9 Å². The van der Waals surface area contributed by atoms with Gasteiger partial charge in [-0.3, -0.25) is 4.79 Å². The minimum Gasteiger partial charge on any atom is -0.339 e. The van der Waals surface area contributed by atoms with E-state index in [1.807, 2.05) is 7.05 Å². The van der Waals surface area contributed by atoms with Crippen LogP contribution in [0.15, 0.2) is 30.3 Å². The molecule has 2 saturated heterocycles. The second-order valence-corrected chi connectivity index (χ2v) is 7.47. The second-order valence-electron chi connectivity index (χ2n) is 7.47. The highest BCUT2D eigenvalue weighted by molar-refractivity contribution is 5.81. The van der Waals surface area contributed by atoms with Crippen molar-refractivity contribution >= 4 is 5.91 Å². The maximum atomic E-state index is 12.4. The van der Waals surface area contributed by atoms with Crippen LogP contribution >= 0.6 is 0 Å². The van der Waals surface area contributed by atoms with Gasteiger partial charge in [0.2, 0.25) is 5.91 Å². The van der Waals surface area contributed by atoms with Crippen molar-refractivity contribution in [3.8, 4) is 0 Å². The molecule has 2 heterocycles. The summed E-state index contributed by atoms with van der Waals surface area (Å²) >= 11 is 0. The maximum absolute atomic E-state index is 12.4. The van der Waals surface area contributed by atoms with Gasteiger partial charge < -0.3 is 9.80 Å². The lowest BCUT2D eigenvalue weighted by molar-refractivity contribution is -0.130. The molecular formula is C19H26N2O. The van der Waals surface area contributed by atoms with Crippen LogP contribution in [-0.2, 0) is 4.79 Å². The van der Waals surface area contributed by atoms with Crippen molar-refractivity contribution in [2.75, 3.05) is 26.7 Å². The summed E-state index contributed by atoms with van der Waals surface area (Å²) in [5.74, 6) is 1.65. The Morgan fingerprint density at radius 3 is 2.45 bits per heavy atom. The lowest BCUT2D eigenvalue weighted by Gasteiger charge is -2.47. The molecule has 2 aliphatic heterocycles. The Balaban J connectivity index is 1.55. The Morgan fingerprint density at radius 2 is 1.82 bits per heavy atom. The smallest absolute Gasteiger partial charge is 0.223 e. The predicted molar refractivity (Wildman–Crippen MR) is 87.7 cm³/mol. The van der Waals surface area contributed by atoms with Gasteiger partial charge in [-0.1, -0.05) is 30.3 Å². The third-order valence-corrected chi connectivity index (χ3v) is 6.21. The molecule has 1 amide bonds. The largest absolute Gasteiger partial charge is 0.339 e. The Hall–Kier alpha value is -1.35. The number of amides is 1. The van der Waals surface area contributed by atoms with Gasteiger partial charge >= 0.3 is 0 Å². The first kappa shape index (κ1) is 14.3. The van der Waals surface area contributed by atoms with E-state index in [1.165, 1.54) is 24.9 Å². The van der Waals surface area contributed by atoms with Gasteiger partial charge in [0, 0.05) is 39.0 Å². The van der Waals surface area contributed by atoms with Crippen LogP contribution in [0.3, 0.4) is 0 Å². The quantitative estimate of drug-likeness (QED) is 0.856. The highest BCUT2D eigenvalue weighted by Crippen LogP contribution is 2.48. The Kier molecular flexibility index (Phi) is 3.48. The normalized spacial score (nSPS) is 28.5. The molecule has 1 saturated carbocycles. The highest BCUT2D eigenvalue weighted by Gasteiger charge is 2.52. The number of rotatable bonds is 3. The monoisotopic (exact) mass is 298 g/mol. The molecule has 3 fully saturated rings. The van der Waals surface area contributed by atoms with E-state index in [4.69, 9.17) is 0 Å². The number of piperidine rings is 1. The van der Waals surface area contributed by atoms with Crippen LogP contribution in [0.4, 0.5) is 0 Å². The fraction of sp³-hybridized carbons (Fsp3) is 0.632. The van der Waals surface area contributed by atoms with Crippen molar-refractivity contribution in [2.24, 2.45) is 5.92 Å². The Morgan fingerprint density at radius 1 is 1.14 bits per heavy atom. The van der Waals surface area contributed by atoms with Gasteiger partial charge in [0.05, 0.1) is 5.54 Å². The molecule has 1 aromatic rings. The summed E-state index contributed by atoms with van der Waals surface area (Å²) in [6, 6.07) is 10.7. The second kappa shape index (κ2) is 5.38. The van der Waals surface area contributed by atoms with Crippen molar-refractivity contribution in [1.82, 2.24) is 9.80 Å². The average molecular weight is 298 g/mol. The lowest BCUT2D eigenvalue weighted by atomic mass is 9.73. The molecule has 1 aromatic carbocycles. The number of likely N-dealkylation sites (tertiary alicyclic amines) is 2. The molecule has 0 radical (unpaired) electrons. The fourth-order valence-electron chi connectivity index (χ4n) is 4.57. The molecule has 0 N–H and O–H groups in total. The number of nitrogens with zero attached hydrogens (tertiary/aromatic N) is 2. The van der Waals surface area contributed by atoms with Gasteiger partial charge in [-0.15, -0.1) is 0 Å². The predicted octanol–water partition coefficient (Wildman–Crippen LogP) is 2.88. The van der Waals surface area contributed by atoms with Gasteiger partial charge in [-0.05, 0) is 37.2 Å². The Labute approximate surface area is 133 Å². The molecule has 1 spiro atoms. The molecule has 0 bridgehead atoms. The van der Waals surface area contributed by atoms with Crippen molar-refractivity contribution in [2.45, 2.75) is 43.6 Å². The molecular weight excluding hydrogens is 272 g/mol. The van der Waals surface area contributed by atoms with Crippen LogP contribution in [0.2, 0.25) is 0 Å². The molecule has 0 aromatic heterocycles. The first-order chi connectivity index (χ1) is 10.7. The topological polar surface area (TPSA) is 23.6 Å². The molecule has 1 aliphatic carbocycles. The van der Waals surface area contributed by atoms with Crippen molar-refractivity contribution < 1.29 is 4.79 Å². The molecule has 3 aliphatic rings. The van der Waals surface area contributed by atoms with Crippen LogP contribution in [0.5, 0.6) is 0 Å². The van der Waals surface area contributed by atoms with E-state index >= 15 is 0 Å². The highest BCUT2D eigenvalue weighted by atomic mass is 16.2. The number of hydrogen-bond donors (Lipinski definition) is 0. The molecule has 1 atom stereocenters. The molecule has 118 valence electrons. The lowest BCUT2D eigenvalue weighted by Crippen LogP contribution is -2.54. The number of benzene rings is 1. The number of carbonyl (C=O) groups excluding carboxylic acids is 1. The summed E-state index contributed by atoms with van der Waals surface area (Å²) in [5.41, 5.74) is 1.40. The molecule has 3 nitrogen and oxygen atoms in total. The van der Waals surface area contributed by atoms with Crippen LogP contribution < -0.4 is 0 Å². The number of hydrogen-bond acceptors (Lipinski definition) is 2. The summed E-state index contributed by atoms with van der Waals surface area (Å²) in [5, 5.41) is 0. The summed E-state index contributed by atoms with van der Waals surface area (Å²) in [4.78, 5) is 17.1. The van der Waals surface area contributed by atoms with Gasteiger partial charge in [0.25, 0.3) is 0 Å². The zero-order valence-corrected chi connectivity index (χ0v) is 13.5. The zero-order valence-electron chi connectivity index (χ0n) is 13.5. The molecule has 4 rings (SSSR count). The van der Waals surface area contributed by atoms with E-state index < -0.39 is 0 Å². The van der Waals surface area contributed by atoms with Gasteiger partial charge in [-0.25, -0.2) is 0 Å². The van der Waals surface area contributed by atoms with Crippen molar-refractivity contribution in [3.63, 3.8) is 0 Å². The molecule has 1 unspecified atom stereocenters. The van der Waals surface area contributed by atoms with Crippen LogP contribution in [-0.4, -0.2) is 47.9 Å². The molecule has 22 heavy (non-hydrogen) atoms. The fourth-order valence-corrected chi connectivity index (χ4v) is 4.57. The number of likely N-dealkylation sites (N-methyl/N-ethyl adjacent to an activating group) is 1. The van der Waals surface area contributed by atoms with Gasteiger partial charge in [0.15, 0.2) is 0 Å². The van der Waals surface area contributed by atoms with Crippen molar-refractivity contribution in [1.29, 1.82) is 0 Å². The zero-order chi connectivity index (χ0) is 15.2. The first-order valence-corrected chi connectivity index (χ1v) is 8.73.